The number of nitrogens with one attached hydrogen (secondary N) is 1. The lowest BCUT2D eigenvalue weighted by Gasteiger charge is -2.34. The molecule has 0 aromatic heterocycles. The average molecular weight is 287 g/mol. The Kier molecular flexibility index (Phi) is 3.82. The van der Waals surface area contributed by atoms with E-state index in [4.69, 9.17) is 0 Å². The van der Waals surface area contributed by atoms with Crippen molar-refractivity contribution in [2.24, 2.45) is 0 Å². The van der Waals surface area contributed by atoms with Crippen LogP contribution < -0.4 is 10.2 Å². The number of anilines is 1. The molecule has 1 unspecified atom stereocenters. The summed E-state index contributed by atoms with van der Waals surface area (Å²) in [4.78, 5) is 2.24. The van der Waals surface area contributed by atoms with Gasteiger partial charge in [-0.25, -0.2) is 4.39 Å². The van der Waals surface area contributed by atoms with Gasteiger partial charge in [0.2, 0.25) is 0 Å². The van der Waals surface area contributed by atoms with Crippen LogP contribution in [0, 0.1) is 5.82 Å². The molecule has 1 heterocycles. The van der Waals surface area contributed by atoms with Crippen molar-refractivity contribution in [3.05, 3.63) is 28.5 Å². The van der Waals surface area contributed by atoms with Gasteiger partial charge in [-0.1, -0.05) is 0 Å². The van der Waals surface area contributed by atoms with Gasteiger partial charge in [-0.15, -0.1) is 0 Å². The molecule has 16 heavy (non-hydrogen) atoms. The number of nitrogens with zero attached hydrogens (tertiary/aromatic N) is 1. The van der Waals surface area contributed by atoms with Crippen LogP contribution in [0.3, 0.4) is 0 Å². The van der Waals surface area contributed by atoms with Gasteiger partial charge in [-0.3, -0.25) is 0 Å². The number of piperidine rings is 1. The molecule has 1 aliphatic rings. The fourth-order valence-electron chi connectivity index (χ4n) is 2.13. The second kappa shape index (κ2) is 5.15. The quantitative estimate of drug-likeness (QED) is 0.899. The van der Waals surface area contributed by atoms with Crippen molar-refractivity contribution in [2.75, 3.05) is 25.0 Å². The molecular formula is C12H16BrFN2. The molecular weight excluding hydrogens is 271 g/mol. The molecule has 0 saturated carbocycles. The summed E-state index contributed by atoms with van der Waals surface area (Å²) in [5, 5.41) is 3.28. The smallest absolute Gasteiger partial charge is 0.139 e. The Morgan fingerprint density at radius 3 is 3.00 bits per heavy atom. The number of rotatable bonds is 2. The van der Waals surface area contributed by atoms with E-state index in [-0.39, 0.29) is 5.82 Å². The lowest BCUT2D eigenvalue weighted by molar-refractivity contribution is 0.449. The van der Waals surface area contributed by atoms with Crippen LogP contribution in [0.1, 0.15) is 12.8 Å². The molecule has 2 nitrogen and oxygen atoms in total. The van der Waals surface area contributed by atoms with Crippen LogP contribution in [0.15, 0.2) is 22.7 Å². The highest BCUT2D eigenvalue weighted by atomic mass is 79.9. The maximum atomic E-state index is 13.4. The average Bonchev–Trinajstić information content (AvgIpc) is 2.33. The third kappa shape index (κ3) is 2.55. The minimum Gasteiger partial charge on any atom is -0.370 e. The first-order chi connectivity index (χ1) is 7.70. The standard InChI is InChI=1S/C12H16BrFN2/c1-15-9-3-2-6-16(8-9)10-4-5-11(13)12(14)7-10/h4-5,7,9,15H,2-3,6,8H2,1H3. The van der Waals surface area contributed by atoms with Crippen molar-refractivity contribution in [1.29, 1.82) is 0 Å². The van der Waals surface area contributed by atoms with E-state index in [0.717, 1.165) is 25.2 Å². The van der Waals surface area contributed by atoms with Crippen molar-refractivity contribution in [3.8, 4) is 0 Å². The Morgan fingerprint density at radius 2 is 2.31 bits per heavy atom. The molecule has 1 aliphatic heterocycles. The summed E-state index contributed by atoms with van der Waals surface area (Å²) < 4.78 is 14.0. The normalized spacial score (nSPS) is 21.2. The molecule has 1 atom stereocenters. The Bertz CT molecular complexity index is 370. The zero-order chi connectivity index (χ0) is 11.5. The third-order valence-electron chi connectivity index (χ3n) is 3.10. The summed E-state index contributed by atoms with van der Waals surface area (Å²) in [6.45, 7) is 1.97. The van der Waals surface area contributed by atoms with E-state index in [1.165, 1.54) is 6.42 Å². The highest BCUT2D eigenvalue weighted by Gasteiger charge is 2.19. The molecule has 1 N–H and O–H groups in total. The van der Waals surface area contributed by atoms with E-state index in [1.54, 1.807) is 12.1 Å². The van der Waals surface area contributed by atoms with Crippen LogP contribution in [0.2, 0.25) is 0 Å². The third-order valence-corrected chi connectivity index (χ3v) is 3.74. The number of halogens is 2. The molecule has 0 amide bonds. The summed E-state index contributed by atoms with van der Waals surface area (Å²) in [6, 6.07) is 5.85. The molecule has 1 fully saturated rings. The summed E-state index contributed by atoms with van der Waals surface area (Å²) in [5.74, 6) is -0.191. The van der Waals surface area contributed by atoms with Crippen molar-refractivity contribution in [1.82, 2.24) is 5.32 Å². The van der Waals surface area contributed by atoms with Gasteiger partial charge in [0.05, 0.1) is 4.47 Å². The molecule has 88 valence electrons. The Morgan fingerprint density at radius 1 is 1.50 bits per heavy atom. The number of likely N-dealkylation sites (N-methyl/N-ethyl adjacent to an activating group) is 1. The van der Waals surface area contributed by atoms with Crippen molar-refractivity contribution in [3.63, 3.8) is 0 Å². The fourth-order valence-corrected chi connectivity index (χ4v) is 2.38. The van der Waals surface area contributed by atoms with Crippen LogP contribution in [0.5, 0.6) is 0 Å². The van der Waals surface area contributed by atoms with E-state index in [1.807, 2.05) is 13.1 Å². The molecule has 0 bridgehead atoms. The minimum atomic E-state index is -0.191. The van der Waals surface area contributed by atoms with Gasteiger partial charge in [0, 0.05) is 24.8 Å². The zero-order valence-corrected chi connectivity index (χ0v) is 10.9. The van der Waals surface area contributed by atoms with E-state index in [0.29, 0.717) is 10.5 Å². The highest BCUT2D eigenvalue weighted by Crippen LogP contribution is 2.24. The molecule has 2 rings (SSSR count). The topological polar surface area (TPSA) is 15.3 Å². The molecule has 1 saturated heterocycles. The molecule has 0 radical (unpaired) electrons. The van der Waals surface area contributed by atoms with Gasteiger partial charge >= 0.3 is 0 Å². The van der Waals surface area contributed by atoms with Crippen LogP contribution in [0.25, 0.3) is 0 Å². The largest absolute Gasteiger partial charge is 0.370 e. The molecule has 1 aromatic rings. The van der Waals surface area contributed by atoms with E-state index < -0.39 is 0 Å². The van der Waals surface area contributed by atoms with Gasteiger partial charge in [0.25, 0.3) is 0 Å². The first-order valence-corrected chi connectivity index (χ1v) is 6.37. The first kappa shape index (κ1) is 11.9. The number of hydrogen-bond acceptors (Lipinski definition) is 2. The summed E-state index contributed by atoms with van der Waals surface area (Å²) >= 11 is 3.17. The highest BCUT2D eigenvalue weighted by molar-refractivity contribution is 9.10. The lowest BCUT2D eigenvalue weighted by atomic mass is 10.1. The molecule has 1 aromatic carbocycles. The van der Waals surface area contributed by atoms with Crippen molar-refractivity contribution < 1.29 is 4.39 Å². The second-order valence-electron chi connectivity index (χ2n) is 4.17. The van der Waals surface area contributed by atoms with E-state index in [2.05, 4.69) is 26.1 Å². The first-order valence-electron chi connectivity index (χ1n) is 5.58. The monoisotopic (exact) mass is 286 g/mol. The van der Waals surface area contributed by atoms with Crippen LogP contribution in [0.4, 0.5) is 10.1 Å². The zero-order valence-electron chi connectivity index (χ0n) is 9.34. The predicted octanol–water partition coefficient (Wildman–Crippen LogP) is 2.78. The maximum Gasteiger partial charge on any atom is 0.139 e. The van der Waals surface area contributed by atoms with E-state index in [9.17, 15) is 4.39 Å². The van der Waals surface area contributed by atoms with Gasteiger partial charge in [0.1, 0.15) is 5.82 Å². The molecule has 0 spiro atoms. The summed E-state index contributed by atoms with van der Waals surface area (Å²) in [6.07, 6.45) is 2.36. The maximum absolute atomic E-state index is 13.4. The van der Waals surface area contributed by atoms with Crippen LogP contribution in [-0.2, 0) is 0 Å². The number of benzene rings is 1. The van der Waals surface area contributed by atoms with Crippen LogP contribution in [-0.4, -0.2) is 26.2 Å². The fraction of sp³-hybridized carbons (Fsp3) is 0.500. The predicted molar refractivity (Wildman–Crippen MR) is 68.4 cm³/mol. The second-order valence-corrected chi connectivity index (χ2v) is 5.03. The summed E-state index contributed by atoms with van der Waals surface area (Å²) in [5.41, 5.74) is 0.973. The molecule has 4 heteroatoms. The SMILES string of the molecule is CNC1CCCN(c2ccc(Br)c(F)c2)C1. The minimum absolute atomic E-state index is 0.191. The molecule has 0 aliphatic carbocycles. The van der Waals surface area contributed by atoms with Crippen molar-refractivity contribution in [2.45, 2.75) is 18.9 Å². The lowest BCUT2D eigenvalue weighted by Crippen LogP contribution is -2.44. The summed E-state index contributed by atoms with van der Waals surface area (Å²) in [7, 11) is 1.98. The van der Waals surface area contributed by atoms with Gasteiger partial charge in [-0.05, 0) is 54.0 Å². The Balaban J connectivity index is 2.13. The van der Waals surface area contributed by atoms with Crippen LogP contribution >= 0.6 is 15.9 Å². The van der Waals surface area contributed by atoms with Crippen molar-refractivity contribution >= 4 is 21.6 Å². The van der Waals surface area contributed by atoms with Gasteiger partial charge in [0.15, 0.2) is 0 Å². The Hall–Kier alpha value is -0.610. The van der Waals surface area contributed by atoms with E-state index >= 15 is 0 Å². The Labute approximate surface area is 104 Å². The number of hydrogen-bond donors (Lipinski definition) is 1. The van der Waals surface area contributed by atoms with Gasteiger partial charge < -0.3 is 10.2 Å². The van der Waals surface area contributed by atoms with Gasteiger partial charge in [-0.2, -0.15) is 0 Å².